The Morgan fingerprint density at radius 2 is 2.07 bits per heavy atom. The number of aliphatic carboxylic acids is 1. The van der Waals surface area contributed by atoms with Crippen LogP contribution in [-0.2, 0) is 19.0 Å². The van der Waals surface area contributed by atoms with Gasteiger partial charge in [-0.25, -0.2) is 0 Å². The van der Waals surface area contributed by atoms with E-state index in [9.17, 15) is 15.2 Å². The van der Waals surface area contributed by atoms with E-state index in [0.717, 1.165) is 24.8 Å². The number of carbonyl (C=O) groups is 1. The fraction of sp³-hybridized carbons (Fsp3) is 0.833. The number of allylic oxidation sites excluding steroid dienone is 1. The van der Waals surface area contributed by atoms with E-state index >= 15 is 0 Å². The molecule has 4 aliphatic rings. The van der Waals surface area contributed by atoms with Crippen LogP contribution in [0.15, 0.2) is 11.6 Å². The molecule has 0 spiro atoms. The van der Waals surface area contributed by atoms with Gasteiger partial charge in [-0.05, 0) is 55.8 Å². The molecule has 6 heteroatoms. The minimum atomic E-state index is -1.17. The highest BCUT2D eigenvalue weighted by Crippen LogP contribution is 2.83. The summed E-state index contributed by atoms with van der Waals surface area (Å²) in [7, 11) is 1.57. The molecule has 0 aromatic carbocycles. The molecule has 4 bridgehead atoms. The Bertz CT molecular complexity index is 787. The minimum absolute atomic E-state index is 0.0550. The van der Waals surface area contributed by atoms with Crippen molar-refractivity contribution in [1.29, 1.82) is 5.26 Å². The lowest BCUT2D eigenvalue weighted by molar-refractivity contribution is -0.206. The van der Waals surface area contributed by atoms with Crippen molar-refractivity contribution >= 4 is 5.97 Å². The van der Waals surface area contributed by atoms with Gasteiger partial charge in [0.25, 0.3) is 0 Å². The lowest BCUT2D eigenvalue weighted by Gasteiger charge is -2.57. The summed E-state index contributed by atoms with van der Waals surface area (Å²) in [4.78, 5) is 13.2. The van der Waals surface area contributed by atoms with Gasteiger partial charge in [-0.1, -0.05) is 38.8 Å². The number of carboxylic acid groups (broad SMARTS) is 1. The molecule has 0 aromatic heterocycles. The average Bonchev–Trinajstić information content (AvgIpc) is 3.28. The number of hydrogen-bond donors (Lipinski definition) is 1. The summed E-state index contributed by atoms with van der Waals surface area (Å²) in [5.74, 6) is 0.347. The SMILES string of the molecule is COC(C)OCOCC12CC3C(C)CCC3C3(C#N)CC1C=C(C(C)C)C32C(=O)O. The highest BCUT2D eigenvalue weighted by Gasteiger charge is 2.84. The maximum Gasteiger partial charge on any atom is 0.316 e. The number of rotatable bonds is 8. The van der Waals surface area contributed by atoms with Crippen LogP contribution >= 0.6 is 0 Å². The predicted molar refractivity (Wildman–Crippen MR) is 110 cm³/mol. The summed E-state index contributed by atoms with van der Waals surface area (Å²) < 4.78 is 16.7. The molecule has 8 atom stereocenters. The highest BCUT2D eigenvalue weighted by molar-refractivity contribution is 5.85. The summed E-state index contributed by atoms with van der Waals surface area (Å²) >= 11 is 0. The van der Waals surface area contributed by atoms with Crippen molar-refractivity contribution in [3.05, 3.63) is 11.6 Å². The summed E-state index contributed by atoms with van der Waals surface area (Å²) in [6, 6.07) is 2.65. The number of hydrogen-bond acceptors (Lipinski definition) is 5. The zero-order chi connectivity index (χ0) is 21.9. The molecular formula is C24H35NO5. The Kier molecular flexibility index (Phi) is 5.32. The maximum atomic E-state index is 13.2. The number of ether oxygens (including phenoxy) is 3. The van der Waals surface area contributed by atoms with E-state index < -0.39 is 22.2 Å². The second-order valence-electron chi connectivity index (χ2n) is 10.3. The van der Waals surface area contributed by atoms with E-state index in [-0.39, 0.29) is 30.8 Å². The first-order chi connectivity index (χ1) is 14.2. The van der Waals surface area contributed by atoms with Crippen LogP contribution in [0.5, 0.6) is 0 Å². The number of nitriles is 1. The third-order valence-electron chi connectivity index (χ3n) is 9.12. The molecule has 166 valence electrons. The molecule has 0 aromatic rings. The van der Waals surface area contributed by atoms with Crippen LogP contribution in [0.4, 0.5) is 0 Å². The molecule has 30 heavy (non-hydrogen) atoms. The van der Waals surface area contributed by atoms with Gasteiger partial charge in [0, 0.05) is 12.5 Å². The van der Waals surface area contributed by atoms with Crippen molar-refractivity contribution in [3.8, 4) is 6.07 Å². The van der Waals surface area contributed by atoms with Crippen LogP contribution in [0.25, 0.3) is 0 Å². The van der Waals surface area contributed by atoms with Gasteiger partial charge in [0.1, 0.15) is 12.2 Å². The first-order valence-corrected chi connectivity index (χ1v) is 11.3. The lowest BCUT2D eigenvalue weighted by Crippen LogP contribution is -2.62. The molecule has 0 amide bonds. The molecule has 4 rings (SSSR count). The molecule has 6 nitrogen and oxygen atoms in total. The van der Waals surface area contributed by atoms with Crippen LogP contribution in [0.1, 0.15) is 53.4 Å². The molecule has 0 aliphatic heterocycles. The zero-order valence-corrected chi connectivity index (χ0v) is 18.8. The van der Waals surface area contributed by atoms with Crippen LogP contribution in [-0.4, -0.2) is 37.9 Å². The van der Waals surface area contributed by atoms with E-state index in [0.29, 0.717) is 24.9 Å². The van der Waals surface area contributed by atoms with Gasteiger partial charge in [0.2, 0.25) is 0 Å². The first-order valence-electron chi connectivity index (χ1n) is 11.3. The molecule has 3 saturated carbocycles. The zero-order valence-electron chi connectivity index (χ0n) is 18.8. The molecular weight excluding hydrogens is 382 g/mol. The minimum Gasteiger partial charge on any atom is -0.481 e. The second-order valence-corrected chi connectivity index (χ2v) is 10.3. The quantitative estimate of drug-likeness (QED) is 0.361. The van der Waals surface area contributed by atoms with Crippen molar-refractivity contribution in [2.45, 2.75) is 59.7 Å². The largest absolute Gasteiger partial charge is 0.481 e. The van der Waals surface area contributed by atoms with Crippen LogP contribution < -0.4 is 0 Å². The van der Waals surface area contributed by atoms with Crippen LogP contribution in [0.2, 0.25) is 0 Å². The molecule has 4 aliphatic carbocycles. The number of nitrogens with zero attached hydrogens (tertiary/aromatic N) is 1. The van der Waals surface area contributed by atoms with Gasteiger partial charge in [-0.15, -0.1) is 0 Å². The Morgan fingerprint density at radius 1 is 1.33 bits per heavy atom. The molecule has 1 N–H and O–H groups in total. The summed E-state index contributed by atoms with van der Waals surface area (Å²) in [6.45, 7) is 8.54. The summed E-state index contributed by atoms with van der Waals surface area (Å²) in [5, 5.41) is 21.5. The third kappa shape index (κ3) is 2.43. The Morgan fingerprint density at radius 3 is 2.67 bits per heavy atom. The molecule has 3 fully saturated rings. The van der Waals surface area contributed by atoms with E-state index in [2.05, 4.69) is 32.9 Å². The molecule has 8 unspecified atom stereocenters. The molecule has 0 radical (unpaired) electrons. The summed E-state index contributed by atoms with van der Waals surface area (Å²) in [6.07, 6.45) is 5.29. The van der Waals surface area contributed by atoms with Crippen LogP contribution in [0, 0.1) is 57.2 Å². The molecule has 0 saturated heterocycles. The van der Waals surface area contributed by atoms with Crippen molar-refractivity contribution in [3.63, 3.8) is 0 Å². The smallest absolute Gasteiger partial charge is 0.316 e. The fourth-order valence-corrected chi connectivity index (χ4v) is 7.97. The maximum absolute atomic E-state index is 13.2. The van der Waals surface area contributed by atoms with Gasteiger partial charge in [0.05, 0.1) is 18.1 Å². The van der Waals surface area contributed by atoms with Gasteiger partial charge >= 0.3 is 5.97 Å². The molecule has 0 heterocycles. The van der Waals surface area contributed by atoms with Crippen molar-refractivity contribution in [2.24, 2.45) is 45.8 Å². The predicted octanol–water partition coefficient (Wildman–Crippen LogP) is 4.22. The first kappa shape index (κ1) is 21.8. The number of methoxy groups -OCH3 is 1. The van der Waals surface area contributed by atoms with E-state index in [1.807, 2.05) is 0 Å². The third-order valence-corrected chi connectivity index (χ3v) is 9.12. The normalized spacial score (nSPS) is 44.6. The van der Waals surface area contributed by atoms with E-state index in [1.54, 1.807) is 14.0 Å². The van der Waals surface area contributed by atoms with E-state index in [1.165, 1.54) is 0 Å². The monoisotopic (exact) mass is 417 g/mol. The second kappa shape index (κ2) is 7.32. The number of fused-ring (bicyclic) bond motifs is 2. The lowest BCUT2D eigenvalue weighted by atomic mass is 9.43. The summed E-state index contributed by atoms with van der Waals surface area (Å²) in [5.41, 5.74) is -1.67. The number of carboxylic acids is 1. The Labute approximate surface area is 179 Å². The fourth-order valence-electron chi connectivity index (χ4n) is 7.97. The van der Waals surface area contributed by atoms with Gasteiger partial charge < -0.3 is 19.3 Å². The standard InChI is InChI=1S/C24H35NO5/c1-14(2)20-8-17-9-22(11-25)19-7-6-15(3)18(19)10-23(17,24(20,22)21(26)27)12-29-13-30-16(4)28-5/h8,14-19H,6-7,9-10,12-13H2,1-5H3,(H,26,27). The Balaban J connectivity index is 1.79. The van der Waals surface area contributed by atoms with Crippen LogP contribution in [0.3, 0.4) is 0 Å². The van der Waals surface area contributed by atoms with Crippen molar-refractivity contribution in [2.75, 3.05) is 20.5 Å². The van der Waals surface area contributed by atoms with Gasteiger partial charge in [0.15, 0.2) is 6.29 Å². The van der Waals surface area contributed by atoms with Gasteiger partial charge in [-0.2, -0.15) is 5.26 Å². The Hall–Kier alpha value is -1.42. The van der Waals surface area contributed by atoms with Crippen molar-refractivity contribution < 1.29 is 24.1 Å². The van der Waals surface area contributed by atoms with E-state index in [4.69, 9.17) is 14.2 Å². The average molecular weight is 418 g/mol. The van der Waals surface area contributed by atoms with Crippen molar-refractivity contribution in [1.82, 2.24) is 0 Å². The highest BCUT2D eigenvalue weighted by atomic mass is 16.7. The topological polar surface area (TPSA) is 88.8 Å². The van der Waals surface area contributed by atoms with Gasteiger partial charge in [-0.3, -0.25) is 4.79 Å².